The van der Waals surface area contributed by atoms with E-state index in [1.54, 1.807) is 0 Å². The van der Waals surface area contributed by atoms with Gasteiger partial charge in [-0.05, 0) is 18.1 Å². The van der Waals surface area contributed by atoms with Crippen molar-refractivity contribution >= 4 is 11.6 Å². The molecule has 1 N–H and O–H groups in total. The molecule has 1 aromatic rings. The van der Waals surface area contributed by atoms with Gasteiger partial charge in [0.1, 0.15) is 0 Å². The molecule has 0 fully saturated rings. The number of hydrogen-bond donors (Lipinski definition) is 1. The van der Waals surface area contributed by atoms with Gasteiger partial charge in [0.25, 0.3) is 0 Å². The van der Waals surface area contributed by atoms with Crippen molar-refractivity contribution in [3.8, 4) is 0 Å². The largest absolute Gasteiger partial charge is 0.326 e. The number of benzene rings is 1. The van der Waals surface area contributed by atoms with E-state index in [2.05, 4.69) is 19.2 Å². The normalized spacial score (nSPS) is 9.69. The van der Waals surface area contributed by atoms with Gasteiger partial charge in [0.2, 0.25) is 5.91 Å². The third-order valence-electron chi connectivity index (χ3n) is 1.81. The number of aryl methyl sites for hydroxylation is 1. The minimum absolute atomic E-state index is 0.261. The Morgan fingerprint density at radius 1 is 1.46 bits per heavy atom. The highest BCUT2D eigenvalue weighted by molar-refractivity contribution is 5.94. The van der Waals surface area contributed by atoms with Crippen LogP contribution in [0, 0.1) is 6.92 Å². The van der Waals surface area contributed by atoms with E-state index < -0.39 is 0 Å². The van der Waals surface area contributed by atoms with Crippen molar-refractivity contribution in [2.75, 3.05) is 5.32 Å². The van der Waals surface area contributed by atoms with Gasteiger partial charge in [-0.15, -0.1) is 0 Å². The molecule has 1 amide bonds. The fourth-order valence-corrected chi connectivity index (χ4v) is 1.28. The first-order valence-corrected chi connectivity index (χ1v) is 4.45. The molecule has 1 aromatic carbocycles. The molecule has 0 spiro atoms. The second kappa shape index (κ2) is 4.65. The summed E-state index contributed by atoms with van der Waals surface area (Å²) in [6.07, 6.45) is 2.06. The van der Waals surface area contributed by atoms with Crippen molar-refractivity contribution in [1.82, 2.24) is 0 Å². The van der Waals surface area contributed by atoms with E-state index in [4.69, 9.17) is 0 Å². The van der Waals surface area contributed by atoms with E-state index in [9.17, 15) is 4.79 Å². The van der Waals surface area contributed by atoms with Gasteiger partial charge < -0.3 is 5.32 Å². The third kappa shape index (κ3) is 2.90. The molecule has 0 aliphatic rings. The van der Waals surface area contributed by atoms with Crippen molar-refractivity contribution in [1.29, 1.82) is 0 Å². The van der Waals surface area contributed by atoms with Crippen molar-refractivity contribution in [2.45, 2.75) is 19.8 Å². The molecule has 1 rings (SSSR count). The summed E-state index contributed by atoms with van der Waals surface area (Å²) in [7, 11) is 0. The van der Waals surface area contributed by atoms with E-state index in [-0.39, 0.29) is 5.91 Å². The topological polar surface area (TPSA) is 29.1 Å². The molecule has 13 heavy (non-hydrogen) atoms. The molecular weight excluding hydrogens is 162 g/mol. The molecule has 0 saturated carbocycles. The number of hydrogen-bond acceptors (Lipinski definition) is 1. The lowest BCUT2D eigenvalue weighted by atomic mass is 10.1. The standard InChI is InChI=1S/C11H14NO/c1-3-6-10-7-4-5-8-11(10)12-9(2)13/h4-5,7-8H,2-3,6H2,1H3,(H,12,13). The van der Waals surface area contributed by atoms with Crippen molar-refractivity contribution in [3.63, 3.8) is 0 Å². The first kappa shape index (κ1) is 9.78. The average Bonchev–Trinajstić information content (AvgIpc) is 2.08. The van der Waals surface area contributed by atoms with Gasteiger partial charge in [0.05, 0.1) is 0 Å². The van der Waals surface area contributed by atoms with Gasteiger partial charge in [-0.2, -0.15) is 0 Å². The van der Waals surface area contributed by atoms with Crippen LogP contribution in [0.15, 0.2) is 24.3 Å². The number of carbonyl (C=O) groups is 1. The van der Waals surface area contributed by atoms with Crippen molar-refractivity contribution in [3.05, 3.63) is 36.8 Å². The summed E-state index contributed by atoms with van der Waals surface area (Å²) < 4.78 is 0. The van der Waals surface area contributed by atoms with E-state index in [0.29, 0.717) is 0 Å². The smallest absolute Gasteiger partial charge is 0.224 e. The van der Waals surface area contributed by atoms with Crippen molar-refractivity contribution < 1.29 is 4.79 Å². The molecule has 0 bridgehead atoms. The lowest BCUT2D eigenvalue weighted by molar-refractivity contribution is -0.112. The van der Waals surface area contributed by atoms with E-state index >= 15 is 0 Å². The Kier molecular flexibility index (Phi) is 3.50. The van der Waals surface area contributed by atoms with Crippen molar-refractivity contribution in [2.24, 2.45) is 0 Å². The first-order valence-electron chi connectivity index (χ1n) is 4.45. The lowest BCUT2D eigenvalue weighted by Gasteiger charge is -2.07. The summed E-state index contributed by atoms with van der Waals surface area (Å²) in [6, 6.07) is 7.80. The molecule has 0 aliphatic heterocycles. The van der Waals surface area contributed by atoms with Gasteiger partial charge in [-0.1, -0.05) is 31.5 Å². The van der Waals surface area contributed by atoms with Crippen LogP contribution in [0.25, 0.3) is 0 Å². The highest BCUT2D eigenvalue weighted by Gasteiger charge is 2.00. The summed E-state index contributed by atoms with van der Waals surface area (Å²) in [4.78, 5) is 10.7. The minimum atomic E-state index is -0.261. The Bertz CT molecular complexity index is 294. The molecule has 0 aliphatic carbocycles. The number of rotatable bonds is 3. The number of carbonyl (C=O) groups excluding carboxylic acids is 1. The molecule has 1 radical (unpaired) electrons. The Morgan fingerprint density at radius 2 is 2.15 bits per heavy atom. The van der Waals surface area contributed by atoms with Gasteiger partial charge in [0.15, 0.2) is 0 Å². The molecule has 0 heterocycles. The summed E-state index contributed by atoms with van der Waals surface area (Å²) in [5, 5.41) is 2.71. The maximum Gasteiger partial charge on any atom is 0.224 e. The van der Waals surface area contributed by atoms with Crippen LogP contribution in [-0.4, -0.2) is 5.91 Å². The predicted octanol–water partition coefficient (Wildman–Crippen LogP) is 2.41. The van der Waals surface area contributed by atoms with Crippen LogP contribution in [0.5, 0.6) is 0 Å². The average molecular weight is 176 g/mol. The Hall–Kier alpha value is -1.31. The summed E-state index contributed by atoms with van der Waals surface area (Å²) in [5.74, 6) is -0.261. The van der Waals surface area contributed by atoms with Crippen LogP contribution in [0.2, 0.25) is 0 Å². The summed E-state index contributed by atoms with van der Waals surface area (Å²) >= 11 is 0. The third-order valence-corrected chi connectivity index (χ3v) is 1.81. The Balaban J connectivity index is 2.84. The highest BCUT2D eigenvalue weighted by atomic mass is 16.1. The second-order valence-electron chi connectivity index (χ2n) is 2.96. The van der Waals surface area contributed by atoms with E-state index in [1.807, 2.05) is 24.3 Å². The van der Waals surface area contributed by atoms with Gasteiger partial charge in [-0.3, -0.25) is 4.79 Å². The quantitative estimate of drug-likeness (QED) is 0.752. The van der Waals surface area contributed by atoms with Crippen LogP contribution in [0.4, 0.5) is 5.69 Å². The number of para-hydroxylation sites is 1. The molecule has 2 nitrogen and oxygen atoms in total. The SMILES string of the molecule is [CH2]C(=O)Nc1ccccc1CCC. The maximum atomic E-state index is 10.7. The highest BCUT2D eigenvalue weighted by Crippen LogP contribution is 2.16. The molecule has 0 aromatic heterocycles. The zero-order valence-corrected chi connectivity index (χ0v) is 7.84. The maximum absolute atomic E-state index is 10.7. The molecule has 2 heteroatoms. The molecule has 69 valence electrons. The van der Waals surface area contributed by atoms with Crippen LogP contribution in [-0.2, 0) is 11.2 Å². The van der Waals surface area contributed by atoms with E-state index in [1.165, 1.54) is 5.56 Å². The summed E-state index contributed by atoms with van der Waals surface area (Å²) in [6.45, 7) is 5.40. The minimum Gasteiger partial charge on any atom is -0.326 e. The van der Waals surface area contributed by atoms with Crippen LogP contribution >= 0.6 is 0 Å². The lowest BCUT2D eigenvalue weighted by Crippen LogP contribution is -2.08. The fraction of sp³-hybridized carbons (Fsp3) is 0.273. The van der Waals surface area contributed by atoms with Crippen LogP contribution in [0.3, 0.4) is 0 Å². The van der Waals surface area contributed by atoms with E-state index in [0.717, 1.165) is 18.5 Å². The number of anilines is 1. The number of amides is 1. The first-order chi connectivity index (χ1) is 6.24. The Morgan fingerprint density at radius 3 is 2.77 bits per heavy atom. The van der Waals surface area contributed by atoms with Gasteiger partial charge >= 0.3 is 0 Å². The van der Waals surface area contributed by atoms with Gasteiger partial charge in [-0.25, -0.2) is 0 Å². The Labute approximate surface area is 79.0 Å². The zero-order chi connectivity index (χ0) is 9.68. The molecule has 0 atom stereocenters. The predicted molar refractivity (Wildman–Crippen MR) is 54.4 cm³/mol. The monoisotopic (exact) mass is 176 g/mol. The second-order valence-corrected chi connectivity index (χ2v) is 2.96. The van der Waals surface area contributed by atoms with Gasteiger partial charge in [0, 0.05) is 12.6 Å². The zero-order valence-electron chi connectivity index (χ0n) is 7.84. The fourth-order valence-electron chi connectivity index (χ4n) is 1.28. The van der Waals surface area contributed by atoms with Crippen LogP contribution < -0.4 is 5.32 Å². The molecule has 0 saturated heterocycles. The number of nitrogens with one attached hydrogen (secondary N) is 1. The molecule has 0 unspecified atom stereocenters. The molecular formula is C11H14NO. The summed E-state index contributed by atoms with van der Waals surface area (Å²) in [5.41, 5.74) is 2.05. The van der Waals surface area contributed by atoms with Crippen LogP contribution in [0.1, 0.15) is 18.9 Å².